The largest absolute Gasteiger partial charge is 0.354 e. The Hall–Kier alpha value is -0.430. The smallest absolute Gasteiger partial charge is 0.194 e. The van der Waals surface area contributed by atoms with Gasteiger partial charge >= 0.3 is 0 Å². The van der Waals surface area contributed by atoms with Crippen molar-refractivity contribution in [3.05, 3.63) is 0 Å². The molecule has 0 amide bonds. The summed E-state index contributed by atoms with van der Waals surface area (Å²) in [6.45, 7) is 11.4. The Kier molecular flexibility index (Phi) is 6.88. The molecule has 0 radical (unpaired) electrons. The van der Waals surface area contributed by atoms with Crippen LogP contribution in [0.5, 0.6) is 0 Å². The second kappa shape index (κ2) is 8.30. The molecule has 0 saturated carbocycles. The summed E-state index contributed by atoms with van der Waals surface area (Å²) in [5, 5.41) is 3.50. The number of nitrogens with zero attached hydrogens (tertiary/aromatic N) is 2. The van der Waals surface area contributed by atoms with Gasteiger partial charge in [-0.3, -0.25) is 4.99 Å². The third-order valence-electron chi connectivity index (χ3n) is 5.08. The molecule has 2 saturated heterocycles. The number of sulfone groups is 1. The lowest BCUT2D eigenvalue weighted by Gasteiger charge is -2.43. The molecule has 7 heteroatoms. The van der Waals surface area contributed by atoms with Crippen LogP contribution in [0, 0.1) is 5.92 Å². The zero-order valence-corrected chi connectivity index (χ0v) is 17.2. The van der Waals surface area contributed by atoms with Crippen molar-refractivity contribution >= 4 is 27.6 Å². The lowest BCUT2D eigenvalue weighted by Crippen LogP contribution is -2.53. The highest BCUT2D eigenvalue weighted by Crippen LogP contribution is 2.36. The van der Waals surface area contributed by atoms with E-state index in [0.717, 1.165) is 31.2 Å². The highest BCUT2D eigenvalue weighted by atomic mass is 32.2. The molecule has 1 unspecified atom stereocenters. The van der Waals surface area contributed by atoms with Crippen molar-refractivity contribution in [2.75, 3.05) is 36.9 Å². The predicted octanol–water partition coefficient (Wildman–Crippen LogP) is 2.38. The molecule has 0 aromatic heterocycles. The fourth-order valence-electron chi connectivity index (χ4n) is 3.43. The Morgan fingerprint density at radius 3 is 2.62 bits per heavy atom. The van der Waals surface area contributed by atoms with E-state index in [1.165, 1.54) is 12.8 Å². The summed E-state index contributed by atoms with van der Waals surface area (Å²) in [5.41, 5.74) is 0. The van der Waals surface area contributed by atoms with Gasteiger partial charge in [-0.2, -0.15) is 11.8 Å². The summed E-state index contributed by atoms with van der Waals surface area (Å²) in [5.74, 6) is 2.89. The van der Waals surface area contributed by atoms with Crippen LogP contribution in [0.1, 0.15) is 47.0 Å². The summed E-state index contributed by atoms with van der Waals surface area (Å²) in [7, 11) is -2.82. The zero-order chi connectivity index (χ0) is 17.8. The molecular weight excluding hydrogens is 342 g/mol. The Balaban J connectivity index is 2.08. The van der Waals surface area contributed by atoms with Crippen molar-refractivity contribution < 1.29 is 8.42 Å². The van der Waals surface area contributed by atoms with Crippen molar-refractivity contribution in [1.29, 1.82) is 0 Å². The summed E-state index contributed by atoms with van der Waals surface area (Å²) in [6.07, 6.45) is 3.09. The van der Waals surface area contributed by atoms with Gasteiger partial charge in [0, 0.05) is 36.2 Å². The maximum Gasteiger partial charge on any atom is 0.194 e. The fourth-order valence-corrected chi connectivity index (χ4v) is 6.68. The van der Waals surface area contributed by atoms with Gasteiger partial charge in [-0.1, -0.05) is 13.8 Å². The monoisotopic (exact) mass is 375 g/mol. The molecule has 24 heavy (non-hydrogen) atoms. The van der Waals surface area contributed by atoms with Crippen LogP contribution in [0.3, 0.4) is 0 Å². The molecule has 5 nitrogen and oxygen atoms in total. The minimum absolute atomic E-state index is 0.181. The minimum atomic E-state index is -2.82. The van der Waals surface area contributed by atoms with Gasteiger partial charge < -0.3 is 10.2 Å². The number of nitrogens with one attached hydrogen (secondary N) is 1. The lowest BCUT2D eigenvalue weighted by atomic mass is 10.0. The van der Waals surface area contributed by atoms with E-state index >= 15 is 0 Å². The molecular formula is C17H33N3O2S2. The van der Waals surface area contributed by atoms with Gasteiger partial charge in [0.25, 0.3) is 0 Å². The Bertz CT molecular complexity index is 542. The van der Waals surface area contributed by atoms with Gasteiger partial charge in [0.2, 0.25) is 0 Å². The number of rotatable bonds is 5. The van der Waals surface area contributed by atoms with Crippen LogP contribution in [-0.2, 0) is 9.84 Å². The maximum atomic E-state index is 11.7. The van der Waals surface area contributed by atoms with E-state index in [4.69, 9.17) is 4.99 Å². The van der Waals surface area contributed by atoms with Crippen LogP contribution in [-0.4, -0.2) is 67.0 Å². The molecule has 2 heterocycles. The minimum Gasteiger partial charge on any atom is -0.354 e. The molecule has 0 aliphatic carbocycles. The van der Waals surface area contributed by atoms with E-state index in [1.54, 1.807) is 0 Å². The van der Waals surface area contributed by atoms with Gasteiger partial charge in [0.05, 0.1) is 11.5 Å². The number of guanidine groups is 1. The number of thioether (sulfide) groups is 1. The third-order valence-corrected chi connectivity index (χ3v) is 8.62. The van der Waals surface area contributed by atoms with E-state index in [2.05, 4.69) is 49.7 Å². The van der Waals surface area contributed by atoms with E-state index in [0.29, 0.717) is 28.8 Å². The standard InChI is InChI=1S/C17H33N3O2S2/c1-5-17(6-2)13-20(8-9-23-17)16(19-14(3)4)18-11-15-7-10-24(21,22)12-15/h14-15H,5-13H2,1-4H3,(H,18,19). The van der Waals surface area contributed by atoms with Gasteiger partial charge in [-0.05, 0) is 39.0 Å². The maximum absolute atomic E-state index is 11.7. The average Bonchev–Trinajstić information content (AvgIpc) is 2.90. The van der Waals surface area contributed by atoms with Gasteiger partial charge in [-0.25, -0.2) is 8.42 Å². The van der Waals surface area contributed by atoms with Crippen molar-refractivity contribution in [3.63, 3.8) is 0 Å². The summed E-state index contributed by atoms with van der Waals surface area (Å²) >= 11 is 2.09. The molecule has 140 valence electrons. The number of hydrogen-bond acceptors (Lipinski definition) is 4. The molecule has 0 aromatic carbocycles. The third kappa shape index (κ3) is 5.28. The molecule has 1 N–H and O–H groups in total. The quantitative estimate of drug-likeness (QED) is 0.590. The normalized spacial score (nSPS) is 26.8. The van der Waals surface area contributed by atoms with Crippen molar-refractivity contribution in [3.8, 4) is 0 Å². The highest BCUT2D eigenvalue weighted by molar-refractivity contribution is 8.00. The predicted molar refractivity (Wildman–Crippen MR) is 105 cm³/mol. The second-order valence-electron chi connectivity index (χ2n) is 7.39. The summed E-state index contributed by atoms with van der Waals surface area (Å²) < 4.78 is 23.6. The second-order valence-corrected chi connectivity index (χ2v) is 11.2. The van der Waals surface area contributed by atoms with Gasteiger partial charge in [0.1, 0.15) is 0 Å². The molecule has 0 spiro atoms. The van der Waals surface area contributed by atoms with E-state index in [-0.39, 0.29) is 5.92 Å². The Morgan fingerprint density at radius 2 is 2.08 bits per heavy atom. The van der Waals surface area contributed by atoms with Crippen LogP contribution in [0.2, 0.25) is 0 Å². The SMILES string of the molecule is CCC1(CC)CN(C(=NCC2CCS(=O)(=O)C2)NC(C)C)CCS1. The van der Waals surface area contributed by atoms with Crippen molar-refractivity contribution in [1.82, 2.24) is 10.2 Å². The molecule has 2 aliphatic rings. The van der Waals surface area contributed by atoms with E-state index in [1.807, 2.05) is 0 Å². The number of hydrogen-bond donors (Lipinski definition) is 1. The van der Waals surface area contributed by atoms with Crippen LogP contribution in [0.4, 0.5) is 0 Å². The molecule has 0 aromatic rings. The lowest BCUT2D eigenvalue weighted by molar-refractivity contribution is 0.336. The molecule has 2 aliphatic heterocycles. The first-order chi connectivity index (χ1) is 11.3. The molecule has 2 rings (SSSR count). The van der Waals surface area contributed by atoms with Gasteiger partial charge in [0.15, 0.2) is 15.8 Å². The summed E-state index contributed by atoms with van der Waals surface area (Å²) in [4.78, 5) is 7.21. The number of aliphatic imine (C=N–C) groups is 1. The van der Waals surface area contributed by atoms with E-state index in [9.17, 15) is 8.42 Å². The van der Waals surface area contributed by atoms with Crippen LogP contribution < -0.4 is 5.32 Å². The molecule has 2 fully saturated rings. The van der Waals surface area contributed by atoms with Gasteiger partial charge in [-0.15, -0.1) is 0 Å². The van der Waals surface area contributed by atoms with Crippen molar-refractivity contribution in [2.45, 2.75) is 57.7 Å². The van der Waals surface area contributed by atoms with Crippen LogP contribution in [0.15, 0.2) is 4.99 Å². The first kappa shape index (κ1) is 19.9. The first-order valence-electron chi connectivity index (χ1n) is 9.19. The average molecular weight is 376 g/mol. The molecule has 1 atom stereocenters. The topological polar surface area (TPSA) is 61.8 Å². The van der Waals surface area contributed by atoms with Crippen molar-refractivity contribution in [2.24, 2.45) is 10.9 Å². The molecule has 0 bridgehead atoms. The van der Waals surface area contributed by atoms with Crippen LogP contribution >= 0.6 is 11.8 Å². The fraction of sp³-hybridized carbons (Fsp3) is 0.941. The Labute approximate surface area is 152 Å². The summed E-state index contributed by atoms with van der Waals surface area (Å²) in [6, 6.07) is 0.322. The Morgan fingerprint density at radius 1 is 1.38 bits per heavy atom. The first-order valence-corrected chi connectivity index (χ1v) is 12.0. The van der Waals surface area contributed by atoms with Crippen LogP contribution in [0.25, 0.3) is 0 Å². The highest BCUT2D eigenvalue weighted by Gasteiger charge is 2.34. The zero-order valence-electron chi connectivity index (χ0n) is 15.5. The van der Waals surface area contributed by atoms with E-state index < -0.39 is 9.84 Å².